The molecule has 4 rings (SSSR count). The summed E-state index contributed by atoms with van der Waals surface area (Å²) < 4.78 is 53.7. The van der Waals surface area contributed by atoms with Crippen molar-refractivity contribution in [2.75, 3.05) is 38.2 Å². The normalized spacial score (nSPS) is 14.7. The fourth-order valence-corrected chi connectivity index (χ4v) is 4.74. The van der Waals surface area contributed by atoms with Crippen molar-refractivity contribution in [1.29, 1.82) is 0 Å². The number of carbonyl (C=O) groups is 1. The van der Waals surface area contributed by atoms with Gasteiger partial charge in [0.25, 0.3) is 5.91 Å². The van der Waals surface area contributed by atoms with Gasteiger partial charge in [-0.15, -0.1) is 0 Å². The number of anilines is 1. The largest absolute Gasteiger partial charge is 0.492 e. The molecule has 174 valence electrons. The molecule has 2 heterocycles. The zero-order chi connectivity index (χ0) is 23.3. The monoisotopic (exact) mass is 475 g/mol. The number of amides is 1. The number of hydrogen-bond acceptors (Lipinski definition) is 7. The maximum Gasteiger partial charge on any atom is 0.255 e. The van der Waals surface area contributed by atoms with E-state index in [9.17, 15) is 17.6 Å². The number of carbonyl (C=O) groups excluding carboxylic acids is 1. The van der Waals surface area contributed by atoms with Crippen LogP contribution in [-0.4, -0.2) is 66.3 Å². The lowest BCUT2D eigenvalue weighted by Crippen LogP contribution is -2.41. The topological polar surface area (TPSA) is 116 Å². The molecule has 0 saturated carbocycles. The Morgan fingerprint density at radius 3 is 2.76 bits per heavy atom. The van der Waals surface area contributed by atoms with Gasteiger partial charge in [0, 0.05) is 30.4 Å². The molecule has 12 heteroatoms. The molecule has 1 amide bonds. The van der Waals surface area contributed by atoms with Gasteiger partial charge in [-0.2, -0.15) is 9.40 Å². The highest BCUT2D eigenvalue weighted by molar-refractivity contribution is 7.89. The summed E-state index contributed by atoms with van der Waals surface area (Å²) in [6.07, 6.45) is 3.01. The Balaban J connectivity index is 1.45. The fourth-order valence-electron chi connectivity index (χ4n) is 3.24. The van der Waals surface area contributed by atoms with E-state index in [1.165, 1.54) is 12.4 Å². The molecule has 1 aromatic heterocycles. The summed E-state index contributed by atoms with van der Waals surface area (Å²) in [5.74, 6) is -0.961. The van der Waals surface area contributed by atoms with Crippen LogP contribution in [0.2, 0.25) is 0 Å². The van der Waals surface area contributed by atoms with Gasteiger partial charge in [0.05, 0.1) is 19.8 Å². The average molecular weight is 476 g/mol. The van der Waals surface area contributed by atoms with E-state index in [0.717, 1.165) is 16.4 Å². The van der Waals surface area contributed by atoms with E-state index >= 15 is 0 Å². The van der Waals surface area contributed by atoms with Crippen LogP contribution >= 0.6 is 0 Å². The van der Waals surface area contributed by atoms with E-state index in [2.05, 4.69) is 15.4 Å². The van der Waals surface area contributed by atoms with Crippen molar-refractivity contribution in [2.24, 2.45) is 0 Å². The Morgan fingerprint density at radius 1 is 1.18 bits per heavy atom. The second kappa shape index (κ2) is 10.1. The fraction of sp³-hybridized carbons (Fsp3) is 0.286. The van der Waals surface area contributed by atoms with Crippen LogP contribution in [0.25, 0.3) is 0 Å². The summed E-state index contributed by atoms with van der Waals surface area (Å²) in [4.78, 5) is 16.1. The molecule has 3 aromatic rings. The molecule has 0 unspecified atom stereocenters. The van der Waals surface area contributed by atoms with Gasteiger partial charge in [-0.05, 0) is 30.3 Å². The van der Waals surface area contributed by atoms with Gasteiger partial charge in [-0.1, -0.05) is 6.07 Å². The first kappa shape index (κ1) is 22.8. The van der Waals surface area contributed by atoms with Gasteiger partial charge >= 0.3 is 0 Å². The van der Waals surface area contributed by atoms with Crippen molar-refractivity contribution in [3.63, 3.8) is 0 Å². The summed E-state index contributed by atoms with van der Waals surface area (Å²) in [7, 11) is -4.09. The van der Waals surface area contributed by atoms with Crippen LogP contribution in [0.4, 0.5) is 10.1 Å². The molecule has 1 aliphatic rings. The highest BCUT2D eigenvalue weighted by atomic mass is 32.2. The Morgan fingerprint density at radius 2 is 2.00 bits per heavy atom. The van der Waals surface area contributed by atoms with Crippen LogP contribution in [-0.2, 0) is 21.3 Å². The molecule has 0 radical (unpaired) electrons. The quantitative estimate of drug-likeness (QED) is 0.528. The highest BCUT2D eigenvalue weighted by Gasteiger charge is 2.29. The van der Waals surface area contributed by atoms with Crippen molar-refractivity contribution in [3.05, 3.63) is 66.5 Å². The standard InChI is InChI=1S/C21H22FN5O5S/c22-19-5-4-16(12-20(19)33(29,30)27-7-9-31-10-8-27)21(28)25-17-2-1-3-18(13-17)32-11-6-26-15-23-14-24-26/h1-5,12-15H,6-11H2,(H,25,28). The SMILES string of the molecule is O=C(Nc1cccc(OCCn2cncn2)c1)c1ccc(F)c(S(=O)(=O)N2CCOCC2)c1. The van der Waals surface area contributed by atoms with Crippen LogP contribution < -0.4 is 10.1 Å². The lowest BCUT2D eigenvalue weighted by molar-refractivity contribution is 0.0729. The minimum Gasteiger partial charge on any atom is -0.492 e. The second-order valence-corrected chi connectivity index (χ2v) is 9.06. The second-order valence-electron chi connectivity index (χ2n) is 7.15. The Kier molecular flexibility index (Phi) is 6.96. The van der Waals surface area contributed by atoms with E-state index in [4.69, 9.17) is 9.47 Å². The molecule has 10 nitrogen and oxygen atoms in total. The van der Waals surface area contributed by atoms with Crippen LogP contribution in [0.1, 0.15) is 10.4 Å². The number of benzene rings is 2. The number of hydrogen-bond donors (Lipinski definition) is 1. The number of ether oxygens (including phenoxy) is 2. The van der Waals surface area contributed by atoms with Crippen LogP contribution in [0.5, 0.6) is 5.75 Å². The zero-order valence-electron chi connectivity index (χ0n) is 17.6. The Bertz CT molecular complexity index is 1210. The van der Waals surface area contributed by atoms with Crippen LogP contribution in [0.15, 0.2) is 60.0 Å². The summed E-state index contributed by atoms with van der Waals surface area (Å²) >= 11 is 0. The molecule has 1 fully saturated rings. The molecule has 33 heavy (non-hydrogen) atoms. The molecular formula is C21H22FN5O5S. The Hall–Kier alpha value is -3.35. The van der Waals surface area contributed by atoms with E-state index in [-0.39, 0.29) is 31.9 Å². The first-order valence-electron chi connectivity index (χ1n) is 10.2. The summed E-state index contributed by atoms with van der Waals surface area (Å²) in [5, 5.41) is 6.67. The molecule has 0 aliphatic carbocycles. The number of morpholine rings is 1. The first-order valence-corrected chi connectivity index (χ1v) is 11.6. The molecule has 1 N–H and O–H groups in total. The number of nitrogens with one attached hydrogen (secondary N) is 1. The predicted molar refractivity (Wildman–Crippen MR) is 116 cm³/mol. The number of rotatable bonds is 8. The molecule has 0 bridgehead atoms. The maximum atomic E-state index is 14.4. The first-order chi connectivity index (χ1) is 15.9. The lowest BCUT2D eigenvalue weighted by Gasteiger charge is -2.26. The van der Waals surface area contributed by atoms with E-state index in [1.54, 1.807) is 35.3 Å². The minimum atomic E-state index is -4.09. The van der Waals surface area contributed by atoms with Crippen LogP contribution in [0.3, 0.4) is 0 Å². The maximum absolute atomic E-state index is 14.4. The summed E-state index contributed by atoms with van der Waals surface area (Å²) in [6.45, 7) is 1.58. The predicted octanol–water partition coefficient (Wildman–Crippen LogP) is 1.77. The molecule has 1 saturated heterocycles. The minimum absolute atomic E-state index is 0.0146. The zero-order valence-corrected chi connectivity index (χ0v) is 18.4. The molecular weight excluding hydrogens is 453 g/mol. The number of nitrogens with zero attached hydrogens (tertiary/aromatic N) is 4. The van der Waals surface area contributed by atoms with Gasteiger partial charge in [0.1, 0.15) is 35.7 Å². The molecule has 2 aromatic carbocycles. The third kappa shape index (κ3) is 5.53. The van der Waals surface area contributed by atoms with Crippen molar-refractivity contribution in [1.82, 2.24) is 19.1 Å². The number of sulfonamides is 1. The van der Waals surface area contributed by atoms with Crippen molar-refractivity contribution >= 4 is 21.6 Å². The molecule has 1 aliphatic heterocycles. The lowest BCUT2D eigenvalue weighted by atomic mass is 10.2. The summed E-state index contributed by atoms with van der Waals surface area (Å²) in [5.41, 5.74) is 0.459. The number of aromatic nitrogens is 3. The van der Waals surface area contributed by atoms with E-state index < -0.39 is 26.6 Å². The third-order valence-electron chi connectivity index (χ3n) is 4.93. The van der Waals surface area contributed by atoms with E-state index in [1.807, 2.05) is 0 Å². The smallest absolute Gasteiger partial charge is 0.255 e. The van der Waals surface area contributed by atoms with Gasteiger partial charge in [-0.25, -0.2) is 22.5 Å². The van der Waals surface area contributed by atoms with Crippen molar-refractivity contribution < 1.29 is 27.1 Å². The molecule has 0 atom stereocenters. The van der Waals surface area contributed by atoms with Gasteiger partial charge in [0.15, 0.2) is 0 Å². The number of halogens is 1. The molecule has 0 spiro atoms. The van der Waals surface area contributed by atoms with Crippen LogP contribution in [0, 0.1) is 5.82 Å². The Labute approximate surface area is 190 Å². The van der Waals surface area contributed by atoms with Gasteiger partial charge in [-0.3, -0.25) is 4.79 Å². The van der Waals surface area contributed by atoms with Crippen molar-refractivity contribution in [3.8, 4) is 5.75 Å². The average Bonchev–Trinajstić information content (AvgIpc) is 3.33. The van der Waals surface area contributed by atoms with Crippen molar-refractivity contribution in [2.45, 2.75) is 11.4 Å². The third-order valence-corrected chi connectivity index (χ3v) is 6.84. The van der Waals surface area contributed by atoms with Gasteiger partial charge in [0.2, 0.25) is 10.0 Å². The highest BCUT2D eigenvalue weighted by Crippen LogP contribution is 2.23. The van der Waals surface area contributed by atoms with Gasteiger partial charge < -0.3 is 14.8 Å². The summed E-state index contributed by atoms with van der Waals surface area (Å²) in [6, 6.07) is 10.0. The van der Waals surface area contributed by atoms with E-state index in [0.29, 0.717) is 24.6 Å².